The molecule has 1 heterocycles. The van der Waals surface area contributed by atoms with Crippen molar-refractivity contribution in [2.75, 3.05) is 6.54 Å². The van der Waals surface area contributed by atoms with Gasteiger partial charge in [-0.1, -0.05) is 17.7 Å². The van der Waals surface area contributed by atoms with Gasteiger partial charge in [-0.25, -0.2) is 4.98 Å². The lowest BCUT2D eigenvalue weighted by atomic mass is 10.1. The van der Waals surface area contributed by atoms with E-state index in [0.717, 1.165) is 24.0 Å². The molecule has 0 radical (unpaired) electrons. The quantitative estimate of drug-likeness (QED) is 0.730. The molecule has 0 aliphatic carbocycles. The number of pyridine rings is 1. The second-order valence-electron chi connectivity index (χ2n) is 2.85. The lowest BCUT2D eigenvalue weighted by Crippen LogP contribution is -2.01. The summed E-state index contributed by atoms with van der Waals surface area (Å²) in [5, 5.41) is 0.606. The van der Waals surface area contributed by atoms with Gasteiger partial charge in [-0.05, 0) is 37.4 Å². The second-order valence-corrected chi connectivity index (χ2v) is 3.21. The highest BCUT2D eigenvalue weighted by atomic mass is 35.5. The van der Waals surface area contributed by atoms with Gasteiger partial charge in [-0.2, -0.15) is 0 Å². The van der Waals surface area contributed by atoms with Crippen LogP contribution < -0.4 is 5.73 Å². The summed E-state index contributed by atoms with van der Waals surface area (Å²) in [6.07, 6.45) is 3.66. The van der Waals surface area contributed by atoms with Crippen molar-refractivity contribution in [2.24, 2.45) is 5.73 Å². The van der Waals surface area contributed by atoms with Crippen molar-refractivity contribution in [2.45, 2.75) is 19.8 Å². The van der Waals surface area contributed by atoms with Gasteiger partial charge in [0.25, 0.3) is 0 Å². The molecule has 2 nitrogen and oxygen atoms in total. The minimum absolute atomic E-state index is 0.606. The number of aryl methyl sites for hydroxylation is 2. The Morgan fingerprint density at radius 3 is 3.00 bits per heavy atom. The highest BCUT2D eigenvalue weighted by Crippen LogP contribution is 2.15. The molecule has 3 heteroatoms. The van der Waals surface area contributed by atoms with Crippen molar-refractivity contribution in [3.05, 3.63) is 28.5 Å². The van der Waals surface area contributed by atoms with Gasteiger partial charge in [0.1, 0.15) is 5.15 Å². The fourth-order valence-electron chi connectivity index (χ4n) is 1.08. The normalized spacial score (nSPS) is 10.2. The highest BCUT2D eigenvalue weighted by molar-refractivity contribution is 6.30. The van der Waals surface area contributed by atoms with E-state index in [4.69, 9.17) is 17.3 Å². The van der Waals surface area contributed by atoms with Gasteiger partial charge in [-0.3, -0.25) is 0 Å². The molecule has 0 bridgehead atoms. The van der Waals surface area contributed by atoms with Gasteiger partial charge in [-0.15, -0.1) is 0 Å². The number of rotatable bonds is 3. The zero-order valence-corrected chi connectivity index (χ0v) is 7.93. The highest BCUT2D eigenvalue weighted by Gasteiger charge is 2.00. The molecule has 0 fully saturated rings. The average molecular weight is 185 g/mol. The van der Waals surface area contributed by atoms with E-state index in [1.807, 2.05) is 6.92 Å². The molecule has 66 valence electrons. The van der Waals surface area contributed by atoms with Crippen LogP contribution >= 0.6 is 11.6 Å². The molecule has 0 saturated carbocycles. The monoisotopic (exact) mass is 184 g/mol. The van der Waals surface area contributed by atoms with E-state index in [9.17, 15) is 0 Å². The molecule has 1 aromatic rings. The van der Waals surface area contributed by atoms with Crippen LogP contribution in [0.25, 0.3) is 0 Å². The standard InChI is InChI=1S/C9H13ClN2/c1-7-5-8(3-2-4-11)9(10)12-6-7/h5-6H,2-4,11H2,1H3. The minimum atomic E-state index is 0.606. The Bertz CT molecular complexity index is 261. The molecule has 0 amide bonds. The van der Waals surface area contributed by atoms with Crippen molar-refractivity contribution in [3.8, 4) is 0 Å². The van der Waals surface area contributed by atoms with Crippen LogP contribution in [0.3, 0.4) is 0 Å². The summed E-state index contributed by atoms with van der Waals surface area (Å²) in [5.74, 6) is 0. The zero-order chi connectivity index (χ0) is 8.97. The molecular weight excluding hydrogens is 172 g/mol. The summed E-state index contributed by atoms with van der Waals surface area (Å²) in [4.78, 5) is 4.06. The molecule has 12 heavy (non-hydrogen) atoms. The molecule has 0 atom stereocenters. The molecule has 2 N–H and O–H groups in total. The van der Waals surface area contributed by atoms with Crippen LogP contribution in [0.4, 0.5) is 0 Å². The lowest BCUT2D eigenvalue weighted by Gasteiger charge is -2.02. The van der Waals surface area contributed by atoms with Gasteiger partial charge in [0.15, 0.2) is 0 Å². The molecule has 1 aromatic heterocycles. The maximum Gasteiger partial charge on any atom is 0.132 e. The fourth-order valence-corrected chi connectivity index (χ4v) is 1.28. The molecule has 0 unspecified atom stereocenters. The van der Waals surface area contributed by atoms with Crippen molar-refractivity contribution in [1.29, 1.82) is 0 Å². The number of nitrogens with two attached hydrogens (primary N) is 1. The number of nitrogens with zero attached hydrogens (tertiary/aromatic N) is 1. The van der Waals surface area contributed by atoms with E-state index < -0.39 is 0 Å². The van der Waals surface area contributed by atoms with Crippen molar-refractivity contribution >= 4 is 11.6 Å². The number of hydrogen-bond donors (Lipinski definition) is 1. The third-order valence-electron chi connectivity index (χ3n) is 1.70. The minimum Gasteiger partial charge on any atom is -0.330 e. The molecular formula is C9H13ClN2. The van der Waals surface area contributed by atoms with Crippen LogP contribution in [0.2, 0.25) is 5.15 Å². The first-order valence-electron chi connectivity index (χ1n) is 4.05. The Kier molecular flexibility index (Phi) is 3.50. The van der Waals surface area contributed by atoms with Crippen molar-refractivity contribution in [1.82, 2.24) is 4.98 Å². The second kappa shape index (κ2) is 4.43. The van der Waals surface area contributed by atoms with Crippen molar-refractivity contribution < 1.29 is 0 Å². The van der Waals surface area contributed by atoms with Crippen LogP contribution in [0.1, 0.15) is 17.5 Å². The first-order valence-corrected chi connectivity index (χ1v) is 4.43. The van der Waals surface area contributed by atoms with Crippen LogP contribution in [-0.4, -0.2) is 11.5 Å². The zero-order valence-electron chi connectivity index (χ0n) is 7.18. The van der Waals surface area contributed by atoms with Gasteiger partial charge >= 0.3 is 0 Å². The molecule has 0 saturated heterocycles. The number of hydrogen-bond acceptors (Lipinski definition) is 2. The van der Waals surface area contributed by atoms with Gasteiger partial charge < -0.3 is 5.73 Å². The summed E-state index contributed by atoms with van der Waals surface area (Å²) in [7, 11) is 0. The van der Waals surface area contributed by atoms with Gasteiger partial charge in [0.2, 0.25) is 0 Å². The Hall–Kier alpha value is -0.600. The van der Waals surface area contributed by atoms with Crippen LogP contribution in [0.5, 0.6) is 0 Å². The smallest absolute Gasteiger partial charge is 0.132 e. The summed E-state index contributed by atoms with van der Waals surface area (Å²) in [5.41, 5.74) is 7.65. The predicted molar refractivity (Wildman–Crippen MR) is 51.4 cm³/mol. The number of aromatic nitrogens is 1. The van der Waals surface area contributed by atoms with Crippen LogP contribution in [0.15, 0.2) is 12.3 Å². The number of halogens is 1. The summed E-state index contributed by atoms with van der Waals surface area (Å²) in [6, 6.07) is 2.06. The summed E-state index contributed by atoms with van der Waals surface area (Å²) >= 11 is 5.88. The van der Waals surface area contributed by atoms with Gasteiger partial charge in [0, 0.05) is 6.20 Å². The Morgan fingerprint density at radius 1 is 1.58 bits per heavy atom. The summed E-state index contributed by atoms with van der Waals surface area (Å²) < 4.78 is 0. The third kappa shape index (κ3) is 2.47. The van der Waals surface area contributed by atoms with Crippen LogP contribution in [0, 0.1) is 6.92 Å². The van der Waals surface area contributed by atoms with E-state index >= 15 is 0 Å². The molecule has 0 aromatic carbocycles. The Balaban J connectivity index is 2.75. The molecule has 0 aliphatic rings. The Labute approximate surface area is 77.8 Å². The first-order chi connectivity index (χ1) is 5.74. The first kappa shape index (κ1) is 9.49. The van der Waals surface area contributed by atoms with Gasteiger partial charge in [0.05, 0.1) is 0 Å². The largest absolute Gasteiger partial charge is 0.330 e. The van der Waals surface area contributed by atoms with Crippen LogP contribution in [-0.2, 0) is 6.42 Å². The third-order valence-corrected chi connectivity index (χ3v) is 2.04. The average Bonchev–Trinajstić information content (AvgIpc) is 2.07. The fraction of sp³-hybridized carbons (Fsp3) is 0.444. The lowest BCUT2D eigenvalue weighted by molar-refractivity contribution is 0.828. The van der Waals surface area contributed by atoms with E-state index in [1.165, 1.54) is 0 Å². The van der Waals surface area contributed by atoms with E-state index in [0.29, 0.717) is 11.7 Å². The molecule has 0 aliphatic heterocycles. The maximum atomic E-state index is 5.88. The Morgan fingerprint density at radius 2 is 2.33 bits per heavy atom. The summed E-state index contributed by atoms with van der Waals surface area (Å²) in [6.45, 7) is 2.71. The van der Waals surface area contributed by atoms with E-state index in [-0.39, 0.29) is 0 Å². The van der Waals surface area contributed by atoms with Crippen molar-refractivity contribution in [3.63, 3.8) is 0 Å². The maximum absolute atomic E-state index is 5.88. The van der Waals surface area contributed by atoms with E-state index in [2.05, 4.69) is 11.1 Å². The van der Waals surface area contributed by atoms with E-state index in [1.54, 1.807) is 6.20 Å². The molecule has 0 spiro atoms. The topological polar surface area (TPSA) is 38.9 Å². The predicted octanol–water partition coefficient (Wildman–Crippen LogP) is 1.93. The SMILES string of the molecule is Cc1cnc(Cl)c(CCCN)c1. The molecule has 1 rings (SSSR count).